The van der Waals surface area contributed by atoms with Gasteiger partial charge in [0.2, 0.25) is 0 Å². The van der Waals surface area contributed by atoms with Crippen molar-refractivity contribution in [1.82, 2.24) is 15.0 Å². The number of halogens is 2. The molecule has 0 aliphatic heterocycles. The second kappa shape index (κ2) is 8.99. The van der Waals surface area contributed by atoms with Gasteiger partial charge in [-0.15, -0.1) is 5.10 Å². The van der Waals surface area contributed by atoms with Crippen LogP contribution in [-0.4, -0.2) is 27.2 Å². The second-order valence-corrected chi connectivity index (χ2v) is 6.93. The third-order valence-electron chi connectivity index (χ3n) is 4.25. The Hall–Kier alpha value is -2.70. The van der Waals surface area contributed by atoms with Gasteiger partial charge in [0.15, 0.2) is 6.10 Å². The Morgan fingerprint density at radius 2 is 1.93 bits per heavy atom. The van der Waals surface area contributed by atoms with Gasteiger partial charge in [-0.05, 0) is 29.8 Å². The van der Waals surface area contributed by atoms with Gasteiger partial charge in [-0.25, -0.2) is 4.68 Å². The molecule has 0 saturated carbocycles. The first-order valence-electron chi connectivity index (χ1n) is 8.53. The highest BCUT2D eigenvalue weighted by atomic mass is 35.5. The first-order valence-corrected chi connectivity index (χ1v) is 9.28. The molecular weight excluding hydrogens is 401 g/mol. The summed E-state index contributed by atoms with van der Waals surface area (Å²) in [5.41, 5.74) is 2.01. The summed E-state index contributed by atoms with van der Waals surface area (Å²) in [6.07, 6.45) is 1.61. The minimum atomic E-state index is -0.796. The molecule has 0 spiro atoms. The summed E-state index contributed by atoms with van der Waals surface area (Å²) in [6.45, 7) is 1.32. The monoisotopic (exact) mass is 417 g/mol. The molecule has 0 aliphatic rings. The van der Waals surface area contributed by atoms with Gasteiger partial charge < -0.3 is 9.53 Å². The average molecular weight is 418 g/mol. The van der Waals surface area contributed by atoms with Gasteiger partial charge in [-0.2, -0.15) is 0 Å². The zero-order valence-corrected chi connectivity index (χ0v) is 16.5. The standard InChI is InChI=1S/C20H17Cl2N3O3/c1-13(27)28-20(16(9-10-26)14-7-8-17(21)18(22)11-14)19-12-23-24-25(19)15-5-3-2-4-6-15/h2-8,10-12,16,20H,9H2,1H3/t16-,20+/m0/s1. The van der Waals surface area contributed by atoms with Gasteiger partial charge in [0.05, 0.1) is 21.9 Å². The molecule has 1 heterocycles. The molecule has 0 amide bonds. The van der Waals surface area contributed by atoms with E-state index in [9.17, 15) is 9.59 Å². The molecule has 0 radical (unpaired) electrons. The van der Waals surface area contributed by atoms with E-state index in [1.165, 1.54) is 13.1 Å². The number of rotatable bonds is 7. The van der Waals surface area contributed by atoms with Crippen molar-refractivity contribution < 1.29 is 14.3 Å². The van der Waals surface area contributed by atoms with Crippen LogP contribution in [-0.2, 0) is 14.3 Å². The topological polar surface area (TPSA) is 74.1 Å². The van der Waals surface area contributed by atoms with E-state index in [-0.39, 0.29) is 6.42 Å². The third kappa shape index (κ3) is 4.40. The quantitative estimate of drug-likeness (QED) is 0.416. The highest BCUT2D eigenvalue weighted by molar-refractivity contribution is 6.42. The van der Waals surface area contributed by atoms with Crippen LogP contribution in [0.3, 0.4) is 0 Å². The number of aromatic nitrogens is 3. The lowest BCUT2D eigenvalue weighted by Crippen LogP contribution is -2.21. The van der Waals surface area contributed by atoms with E-state index in [1.54, 1.807) is 22.9 Å². The number of aldehydes is 1. The summed E-state index contributed by atoms with van der Waals surface area (Å²) < 4.78 is 7.21. The van der Waals surface area contributed by atoms with Crippen LogP contribution in [0, 0.1) is 0 Å². The number of carbonyl (C=O) groups excluding carboxylic acids is 2. The fraction of sp³-hybridized carbons (Fsp3) is 0.200. The first-order chi connectivity index (χ1) is 13.5. The second-order valence-electron chi connectivity index (χ2n) is 6.12. The van der Waals surface area contributed by atoms with Crippen molar-refractivity contribution in [3.63, 3.8) is 0 Å². The zero-order chi connectivity index (χ0) is 20.1. The van der Waals surface area contributed by atoms with Crippen molar-refractivity contribution in [1.29, 1.82) is 0 Å². The smallest absolute Gasteiger partial charge is 0.303 e. The minimum absolute atomic E-state index is 0.107. The van der Waals surface area contributed by atoms with Gasteiger partial charge >= 0.3 is 5.97 Å². The minimum Gasteiger partial charge on any atom is -0.455 e. The maximum absolute atomic E-state index is 11.9. The Morgan fingerprint density at radius 3 is 2.57 bits per heavy atom. The number of ether oxygens (including phenoxy) is 1. The molecule has 2 atom stereocenters. The van der Waals surface area contributed by atoms with Crippen molar-refractivity contribution in [2.24, 2.45) is 0 Å². The summed E-state index contributed by atoms with van der Waals surface area (Å²) in [5, 5.41) is 8.85. The lowest BCUT2D eigenvalue weighted by atomic mass is 9.89. The number of benzene rings is 2. The van der Waals surface area contributed by atoms with E-state index in [0.717, 1.165) is 12.0 Å². The first kappa shape index (κ1) is 20.0. The number of nitrogens with zero attached hydrogens (tertiary/aromatic N) is 3. The predicted molar refractivity (Wildman–Crippen MR) is 106 cm³/mol. The highest BCUT2D eigenvalue weighted by Gasteiger charge is 2.31. The fourth-order valence-electron chi connectivity index (χ4n) is 3.02. The summed E-state index contributed by atoms with van der Waals surface area (Å²) >= 11 is 12.2. The van der Waals surface area contributed by atoms with E-state index in [2.05, 4.69) is 10.3 Å². The molecule has 28 heavy (non-hydrogen) atoms. The van der Waals surface area contributed by atoms with Crippen LogP contribution in [0.15, 0.2) is 54.7 Å². The van der Waals surface area contributed by atoms with Crippen LogP contribution in [0.1, 0.15) is 36.6 Å². The molecule has 0 bridgehead atoms. The molecule has 0 N–H and O–H groups in total. The summed E-state index contributed by atoms with van der Waals surface area (Å²) in [4.78, 5) is 23.3. The van der Waals surface area contributed by atoms with Crippen LogP contribution >= 0.6 is 23.2 Å². The maximum atomic E-state index is 11.9. The van der Waals surface area contributed by atoms with Crippen LogP contribution in [0.5, 0.6) is 0 Å². The van der Waals surface area contributed by atoms with Crippen molar-refractivity contribution in [3.05, 3.63) is 76.0 Å². The van der Waals surface area contributed by atoms with Crippen LogP contribution in [0.2, 0.25) is 10.0 Å². The molecule has 8 heteroatoms. The summed E-state index contributed by atoms with van der Waals surface area (Å²) in [7, 11) is 0. The molecule has 1 aromatic heterocycles. The van der Waals surface area contributed by atoms with E-state index in [4.69, 9.17) is 27.9 Å². The van der Waals surface area contributed by atoms with Gasteiger partial charge in [0, 0.05) is 19.3 Å². The number of hydrogen-bond donors (Lipinski definition) is 0. The summed E-state index contributed by atoms with van der Waals surface area (Å²) in [6, 6.07) is 14.4. The largest absolute Gasteiger partial charge is 0.455 e. The van der Waals surface area contributed by atoms with Gasteiger partial charge in [0.1, 0.15) is 12.0 Å². The van der Waals surface area contributed by atoms with E-state index in [0.29, 0.717) is 21.3 Å². The van der Waals surface area contributed by atoms with Crippen LogP contribution in [0.4, 0.5) is 0 Å². The lowest BCUT2D eigenvalue weighted by molar-refractivity contribution is -0.148. The Labute approximate surface area is 172 Å². The third-order valence-corrected chi connectivity index (χ3v) is 4.99. The SMILES string of the molecule is CC(=O)O[C@@H](c1cnnn1-c1ccccc1)[C@@H](CC=O)c1ccc(Cl)c(Cl)c1. The van der Waals surface area contributed by atoms with Gasteiger partial charge in [0.25, 0.3) is 0 Å². The molecule has 0 unspecified atom stereocenters. The molecule has 6 nitrogen and oxygen atoms in total. The molecule has 0 aliphatic carbocycles. The number of esters is 1. The maximum Gasteiger partial charge on any atom is 0.303 e. The zero-order valence-electron chi connectivity index (χ0n) is 15.0. The number of carbonyl (C=O) groups is 2. The van der Waals surface area contributed by atoms with E-state index in [1.807, 2.05) is 30.3 Å². The fourth-order valence-corrected chi connectivity index (χ4v) is 3.32. The Morgan fingerprint density at radius 1 is 1.18 bits per heavy atom. The molecule has 3 aromatic rings. The molecule has 0 fully saturated rings. The van der Waals surface area contributed by atoms with Crippen molar-refractivity contribution in [3.8, 4) is 5.69 Å². The molecule has 144 valence electrons. The van der Waals surface area contributed by atoms with Crippen molar-refractivity contribution in [2.75, 3.05) is 0 Å². The number of hydrogen-bond acceptors (Lipinski definition) is 5. The lowest BCUT2D eigenvalue weighted by Gasteiger charge is -2.26. The molecule has 2 aromatic carbocycles. The predicted octanol–water partition coefficient (Wildman–Crippen LogP) is 4.55. The van der Waals surface area contributed by atoms with Crippen LogP contribution < -0.4 is 0 Å². The molecular formula is C20H17Cl2N3O3. The number of para-hydroxylation sites is 1. The van der Waals surface area contributed by atoms with E-state index < -0.39 is 18.0 Å². The Kier molecular flexibility index (Phi) is 6.44. The van der Waals surface area contributed by atoms with Crippen molar-refractivity contribution in [2.45, 2.75) is 25.4 Å². The Balaban J connectivity index is 2.10. The van der Waals surface area contributed by atoms with Crippen molar-refractivity contribution >= 4 is 35.5 Å². The molecule has 0 saturated heterocycles. The summed E-state index contributed by atoms with van der Waals surface area (Å²) in [5.74, 6) is -0.973. The normalized spacial score (nSPS) is 13.0. The highest BCUT2D eigenvalue weighted by Crippen LogP contribution is 2.38. The van der Waals surface area contributed by atoms with Gasteiger partial charge in [-0.1, -0.05) is 52.7 Å². The Bertz CT molecular complexity index is 976. The molecule has 3 rings (SSSR count). The average Bonchev–Trinajstić information content (AvgIpc) is 3.17. The van der Waals surface area contributed by atoms with Gasteiger partial charge in [-0.3, -0.25) is 4.79 Å². The van der Waals surface area contributed by atoms with Crippen LogP contribution in [0.25, 0.3) is 5.69 Å². The van der Waals surface area contributed by atoms with E-state index >= 15 is 0 Å².